The van der Waals surface area contributed by atoms with Gasteiger partial charge in [-0.25, -0.2) is 8.42 Å². The molecule has 0 radical (unpaired) electrons. The number of para-hydroxylation sites is 1. The molecule has 26 heavy (non-hydrogen) atoms. The minimum absolute atomic E-state index is 0.144. The highest BCUT2D eigenvalue weighted by Gasteiger charge is 2.30. The largest absolute Gasteiger partial charge is 0.338 e. The van der Waals surface area contributed by atoms with Crippen LogP contribution < -0.4 is 4.31 Å². The second-order valence-electron chi connectivity index (χ2n) is 6.77. The minimum atomic E-state index is -3.62. The second kappa shape index (κ2) is 7.61. The van der Waals surface area contributed by atoms with E-state index in [1.807, 2.05) is 23.1 Å². The van der Waals surface area contributed by atoms with Crippen molar-refractivity contribution >= 4 is 32.5 Å². The van der Waals surface area contributed by atoms with Crippen molar-refractivity contribution in [3.8, 4) is 0 Å². The Labute approximate surface area is 154 Å². The highest BCUT2D eigenvalue weighted by atomic mass is 32.2. The van der Waals surface area contributed by atoms with Gasteiger partial charge >= 0.3 is 0 Å². The highest BCUT2D eigenvalue weighted by Crippen LogP contribution is 2.27. The fraction of sp³-hybridized carbons (Fsp3) is 0.474. The van der Waals surface area contributed by atoms with Gasteiger partial charge in [-0.1, -0.05) is 25.1 Å². The molecule has 1 aliphatic rings. The summed E-state index contributed by atoms with van der Waals surface area (Å²) in [6.45, 7) is 2.58. The Bertz CT molecular complexity index is 893. The number of carbonyl (C=O) groups excluding carboxylic acids is 1. The monoisotopic (exact) mass is 375 g/mol. The normalized spacial score (nSPS) is 18.1. The smallest absolute Gasteiger partial charge is 0.243 e. The Morgan fingerprint density at radius 2 is 2.04 bits per heavy atom. The van der Waals surface area contributed by atoms with Gasteiger partial charge in [0.05, 0.1) is 17.5 Å². The van der Waals surface area contributed by atoms with Crippen LogP contribution in [0.25, 0.3) is 10.9 Å². The zero-order chi connectivity index (χ0) is 18.7. The predicted molar refractivity (Wildman–Crippen MR) is 104 cm³/mol. The molecule has 0 bridgehead atoms. The first-order valence-corrected chi connectivity index (χ1v) is 10.9. The Morgan fingerprint density at radius 1 is 1.27 bits per heavy atom. The molecule has 3 rings (SSSR count). The number of likely N-dealkylation sites (tertiary alicyclic amines) is 1. The third-order valence-electron chi connectivity index (χ3n) is 4.98. The number of nitrogens with zero attached hydrogens (tertiary/aromatic N) is 3. The molecule has 1 atom stereocenters. The number of rotatable bonds is 5. The summed E-state index contributed by atoms with van der Waals surface area (Å²) in [5, 5.41) is 0.843. The van der Waals surface area contributed by atoms with Crippen LogP contribution in [0.1, 0.15) is 32.6 Å². The lowest BCUT2D eigenvalue weighted by Gasteiger charge is -2.36. The third-order valence-corrected chi connectivity index (χ3v) is 6.10. The molecule has 1 amide bonds. The van der Waals surface area contributed by atoms with Gasteiger partial charge in [-0.05, 0) is 37.8 Å². The van der Waals surface area contributed by atoms with Crippen LogP contribution in [0.3, 0.4) is 0 Å². The number of anilines is 1. The second-order valence-corrected chi connectivity index (χ2v) is 8.67. The first-order chi connectivity index (χ1) is 12.4. The number of fused-ring (bicyclic) bond motifs is 1. The maximum atomic E-state index is 12.9. The molecular formula is C19H25N3O3S. The molecule has 0 N–H and O–H groups in total. The molecular weight excluding hydrogens is 350 g/mol. The molecule has 2 heterocycles. The lowest BCUT2D eigenvalue weighted by Crippen LogP contribution is -2.49. The van der Waals surface area contributed by atoms with E-state index >= 15 is 0 Å². The van der Waals surface area contributed by atoms with Crippen molar-refractivity contribution in [2.45, 2.75) is 38.6 Å². The van der Waals surface area contributed by atoms with E-state index in [4.69, 9.17) is 0 Å². The van der Waals surface area contributed by atoms with Gasteiger partial charge in [0.25, 0.3) is 0 Å². The molecule has 1 aromatic carbocycles. The van der Waals surface area contributed by atoms with Crippen molar-refractivity contribution in [3.63, 3.8) is 0 Å². The van der Waals surface area contributed by atoms with E-state index in [0.29, 0.717) is 17.7 Å². The summed E-state index contributed by atoms with van der Waals surface area (Å²) in [7, 11) is -3.62. The van der Waals surface area contributed by atoms with E-state index in [9.17, 15) is 13.2 Å². The molecule has 1 unspecified atom stereocenters. The van der Waals surface area contributed by atoms with Crippen LogP contribution in [0, 0.1) is 0 Å². The van der Waals surface area contributed by atoms with E-state index in [1.165, 1.54) is 4.31 Å². The highest BCUT2D eigenvalue weighted by molar-refractivity contribution is 7.92. The molecule has 6 nitrogen and oxygen atoms in total. The third kappa shape index (κ3) is 3.82. The average molecular weight is 375 g/mol. The fourth-order valence-electron chi connectivity index (χ4n) is 3.64. The van der Waals surface area contributed by atoms with Crippen molar-refractivity contribution < 1.29 is 13.2 Å². The van der Waals surface area contributed by atoms with E-state index < -0.39 is 10.0 Å². The van der Waals surface area contributed by atoms with E-state index in [0.717, 1.165) is 37.3 Å². The molecule has 7 heteroatoms. The zero-order valence-corrected chi connectivity index (χ0v) is 16.1. The van der Waals surface area contributed by atoms with Crippen LogP contribution in [0.2, 0.25) is 0 Å². The van der Waals surface area contributed by atoms with Gasteiger partial charge in [-0.2, -0.15) is 0 Å². The summed E-state index contributed by atoms with van der Waals surface area (Å²) in [6.07, 6.45) is 6.72. The number of pyridine rings is 1. The number of benzene rings is 1. The Balaban J connectivity index is 1.96. The molecule has 0 spiro atoms. The summed E-state index contributed by atoms with van der Waals surface area (Å²) < 4.78 is 26.1. The molecule has 1 fully saturated rings. The lowest BCUT2D eigenvalue weighted by atomic mass is 10.00. The van der Waals surface area contributed by atoms with Gasteiger partial charge in [0.15, 0.2) is 0 Å². The van der Waals surface area contributed by atoms with Crippen LogP contribution in [0.5, 0.6) is 0 Å². The van der Waals surface area contributed by atoms with E-state index in [1.54, 1.807) is 18.3 Å². The van der Waals surface area contributed by atoms with Crippen LogP contribution in [0.15, 0.2) is 36.5 Å². The molecule has 0 aliphatic carbocycles. The summed E-state index contributed by atoms with van der Waals surface area (Å²) >= 11 is 0. The average Bonchev–Trinajstić information content (AvgIpc) is 2.64. The summed E-state index contributed by atoms with van der Waals surface area (Å²) in [4.78, 5) is 19.1. The van der Waals surface area contributed by atoms with Crippen molar-refractivity contribution in [1.82, 2.24) is 9.88 Å². The summed E-state index contributed by atoms with van der Waals surface area (Å²) in [6, 6.07) is 9.26. The SMILES string of the molecule is CCC1CCCCN1C(=O)CN(c1cccc2cccnc12)S(C)(=O)=O. The van der Waals surface area contributed by atoms with Gasteiger partial charge in [0.1, 0.15) is 6.54 Å². The van der Waals surface area contributed by atoms with Crippen molar-refractivity contribution in [2.75, 3.05) is 23.7 Å². The zero-order valence-electron chi connectivity index (χ0n) is 15.3. The van der Waals surface area contributed by atoms with Crippen molar-refractivity contribution in [1.29, 1.82) is 0 Å². The number of sulfonamides is 1. The van der Waals surface area contributed by atoms with Crippen molar-refractivity contribution in [3.05, 3.63) is 36.5 Å². The van der Waals surface area contributed by atoms with Gasteiger partial charge in [0.2, 0.25) is 15.9 Å². The van der Waals surface area contributed by atoms with E-state index in [-0.39, 0.29) is 18.5 Å². The molecule has 140 valence electrons. The van der Waals surface area contributed by atoms with Gasteiger partial charge < -0.3 is 4.90 Å². The molecule has 2 aromatic rings. The topological polar surface area (TPSA) is 70.6 Å². The maximum Gasteiger partial charge on any atom is 0.243 e. The fourth-order valence-corrected chi connectivity index (χ4v) is 4.49. The van der Waals surface area contributed by atoms with E-state index in [2.05, 4.69) is 11.9 Å². The predicted octanol–water partition coefficient (Wildman–Crippen LogP) is 2.79. The van der Waals surface area contributed by atoms with Gasteiger partial charge in [0, 0.05) is 24.2 Å². The van der Waals surface area contributed by atoms with Crippen molar-refractivity contribution in [2.24, 2.45) is 0 Å². The summed E-state index contributed by atoms with van der Waals surface area (Å²) in [5.74, 6) is -0.144. The number of piperidine rings is 1. The van der Waals surface area contributed by atoms with Gasteiger partial charge in [-0.15, -0.1) is 0 Å². The first-order valence-electron chi connectivity index (χ1n) is 9.02. The number of aromatic nitrogens is 1. The Kier molecular flexibility index (Phi) is 5.46. The lowest BCUT2D eigenvalue weighted by molar-refractivity contribution is -0.133. The van der Waals surface area contributed by atoms with Crippen LogP contribution in [-0.4, -0.2) is 49.6 Å². The molecule has 1 aliphatic heterocycles. The van der Waals surface area contributed by atoms with Gasteiger partial charge in [-0.3, -0.25) is 14.1 Å². The number of carbonyl (C=O) groups is 1. The maximum absolute atomic E-state index is 12.9. The quantitative estimate of drug-likeness (QED) is 0.806. The van der Waals surface area contributed by atoms with Crippen LogP contribution >= 0.6 is 0 Å². The molecule has 1 saturated heterocycles. The summed E-state index contributed by atoms with van der Waals surface area (Å²) in [5.41, 5.74) is 1.03. The molecule has 1 aromatic heterocycles. The van der Waals surface area contributed by atoms with Crippen LogP contribution in [-0.2, 0) is 14.8 Å². The molecule has 0 saturated carbocycles. The van der Waals surface area contributed by atoms with Crippen LogP contribution in [0.4, 0.5) is 5.69 Å². The Morgan fingerprint density at radius 3 is 2.77 bits per heavy atom. The minimum Gasteiger partial charge on any atom is -0.338 e. The number of hydrogen-bond acceptors (Lipinski definition) is 4. The number of amides is 1. The first kappa shape index (κ1) is 18.6. The Hall–Kier alpha value is -2.15. The standard InChI is InChI=1S/C19H25N3O3S/c1-3-16-10-4-5-13-21(16)18(23)14-22(26(2,24)25)17-11-6-8-15-9-7-12-20-19(15)17/h6-9,11-12,16H,3-5,10,13-14H2,1-2H3. The number of hydrogen-bond donors (Lipinski definition) is 0.